The molecule has 0 radical (unpaired) electrons. The van der Waals surface area contributed by atoms with Crippen molar-refractivity contribution in [2.45, 2.75) is 0 Å². The predicted molar refractivity (Wildman–Crippen MR) is 131 cm³/mol. The summed E-state index contributed by atoms with van der Waals surface area (Å²) in [5.74, 6) is -0.265. The van der Waals surface area contributed by atoms with Crippen molar-refractivity contribution < 1.29 is 31.5 Å². The second-order valence-electron chi connectivity index (χ2n) is 8.24. The first kappa shape index (κ1) is 25.0. The van der Waals surface area contributed by atoms with E-state index in [1.54, 1.807) is 12.1 Å². The molecule has 1 aliphatic rings. The highest BCUT2D eigenvalue weighted by Crippen LogP contribution is 2.40. The molecule has 1 saturated heterocycles. The number of sulfonamides is 1. The Morgan fingerprint density at radius 1 is 1.20 bits per heavy atom. The number of fused-ring (bicyclic) bond motifs is 1. The van der Waals surface area contributed by atoms with Crippen LogP contribution in [0.15, 0.2) is 40.8 Å². The molecule has 0 unspecified atom stereocenters. The van der Waals surface area contributed by atoms with Gasteiger partial charge in [0.05, 0.1) is 30.7 Å². The molecule has 0 aliphatic carbocycles. The highest BCUT2D eigenvalue weighted by molar-refractivity contribution is 7.92. The Morgan fingerprint density at radius 3 is 2.51 bits per heavy atom. The maximum absolute atomic E-state index is 13.5. The van der Waals surface area contributed by atoms with E-state index in [-0.39, 0.29) is 17.0 Å². The lowest BCUT2D eigenvalue weighted by Crippen LogP contribution is -2.38. The van der Waals surface area contributed by atoms with Crippen LogP contribution in [-0.4, -0.2) is 79.0 Å². The van der Waals surface area contributed by atoms with Crippen molar-refractivity contribution in [2.75, 3.05) is 64.1 Å². The second-order valence-corrected chi connectivity index (χ2v) is 10.3. The normalized spacial score (nSPS) is 14.7. The third-order valence-electron chi connectivity index (χ3n) is 5.94. The van der Waals surface area contributed by atoms with Crippen LogP contribution in [-0.2, 0) is 14.8 Å². The van der Waals surface area contributed by atoms with Gasteiger partial charge in [-0.1, -0.05) is 0 Å². The monoisotopic (exact) mass is 505 g/mol. The molecule has 2 heterocycles. The zero-order chi connectivity index (χ0) is 25.2. The summed E-state index contributed by atoms with van der Waals surface area (Å²) in [6, 6.07) is 8.75. The Hall–Kier alpha value is -3.15. The standard InChI is InChI=1S/C24H28FN3O6S/c1-26-24(29)22-18-14-21(33-13-10-28-8-11-32-12-9-28)19(27(2)35(3,30)31)15-20(18)34-23(22)16-4-6-17(25)7-5-16/h4-7,14-15H,8-13H2,1-3H3,(H,26,29). The number of morpholine rings is 1. The third kappa shape index (κ3) is 5.42. The van der Waals surface area contributed by atoms with Crippen molar-refractivity contribution >= 4 is 32.6 Å². The first-order chi connectivity index (χ1) is 16.7. The SMILES string of the molecule is CNC(=O)c1c(-c2ccc(F)cc2)oc2cc(N(C)S(C)(=O)=O)c(OCCN3CCOCC3)cc12. The van der Waals surface area contributed by atoms with E-state index in [1.165, 1.54) is 38.4 Å². The lowest BCUT2D eigenvalue weighted by Gasteiger charge is -2.27. The van der Waals surface area contributed by atoms with E-state index in [0.29, 0.717) is 48.6 Å². The van der Waals surface area contributed by atoms with Crippen LogP contribution in [0, 0.1) is 5.82 Å². The molecular formula is C24H28FN3O6S. The van der Waals surface area contributed by atoms with Crippen LogP contribution in [0.25, 0.3) is 22.3 Å². The molecule has 35 heavy (non-hydrogen) atoms. The summed E-state index contributed by atoms with van der Waals surface area (Å²) in [5.41, 5.74) is 1.34. The van der Waals surface area contributed by atoms with Crippen LogP contribution in [0.2, 0.25) is 0 Å². The van der Waals surface area contributed by atoms with Gasteiger partial charge in [0.1, 0.15) is 29.5 Å². The van der Waals surface area contributed by atoms with Crippen LogP contribution in [0.5, 0.6) is 5.75 Å². The first-order valence-electron chi connectivity index (χ1n) is 11.1. The maximum Gasteiger partial charge on any atom is 0.255 e. The fraction of sp³-hybridized carbons (Fsp3) is 0.375. The number of rotatable bonds is 8. The molecule has 0 atom stereocenters. The number of carbonyl (C=O) groups is 1. The number of hydrogen-bond donors (Lipinski definition) is 1. The van der Waals surface area contributed by atoms with Crippen molar-refractivity contribution in [3.05, 3.63) is 47.8 Å². The summed E-state index contributed by atoms with van der Waals surface area (Å²) in [4.78, 5) is 15.0. The Labute approximate surface area is 203 Å². The van der Waals surface area contributed by atoms with E-state index in [4.69, 9.17) is 13.9 Å². The Balaban J connectivity index is 1.80. The molecule has 11 heteroatoms. The minimum atomic E-state index is -3.61. The quantitative estimate of drug-likeness (QED) is 0.502. The van der Waals surface area contributed by atoms with Crippen LogP contribution in [0.3, 0.4) is 0 Å². The molecular weight excluding hydrogens is 477 g/mol. The van der Waals surface area contributed by atoms with Gasteiger partial charge in [0.2, 0.25) is 10.0 Å². The topological polar surface area (TPSA) is 101 Å². The van der Waals surface area contributed by atoms with E-state index in [2.05, 4.69) is 10.2 Å². The van der Waals surface area contributed by atoms with Gasteiger partial charge in [0.15, 0.2) is 0 Å². The fourth-order valence-corrected chi connectivity index (χ4v) is 4.42. The Bertz CT molecular complexity index is 1320. The number of benzene rings is 2. The van der Waals surface area contributed by atoms with Crippen LogP contribution in [0.4, 0.5) is 10.1 Å². The molecule has 1 fully saturated rings. The summed E-state index contributed by atoms with van der Waals surface area (Å²) in [6.45, 7) is 3.85. The molecule has 2 aromatic carbocycles. The van der Waals surface area contributed by atoms with E-state index in [0.717, 1.165) is 23.7 Å². The molecule has 1 amide bonds. The maximum atomic E-state index is 13.5. The van der Waals surface area contributed by atoms with Gasteiger partial charge in [-0.25, -0.2) is 12.8 Å². The molecule has 0 bridgehead atoms. The van der Waals surface area contributed by atoms with Crippen LogP contribution in [0.1, 0.15) is 10.4 Å². The van der Waals surface area contributed by atoms with E-state index >= 15 is 0 Å². The van der Waals surface area contributed by atoms with Crippen molar-refractivity contribution in [2.24, 2.45) is 0 Å². The summed E-state index contributed by atoms with van der Waals surface area (Å²) < 4.78 is 56.7. The number of anilines is 1. The number of nitrogens with zero attached hydrogens (tertiary/aromatic N) is 2. The zero-order valence-electron chi connectivity index (χ0n) is 19.8. The third-order valence-corrected chi connectivity index (χ3v) is 7.13. The van der Waals surface area contributed by atoms with Gasteiger partial charge in [-0.15, -0.1) is 0 Å². The van der Waals surface area contributed by atoms with Gasteiger partial charge in [0, 0.05) is 50.7 Å². The smallest absolute Gasteiger partial charge is 0.255 e. The second kappa shape index (κ2) is 10.2. The van der Waals surface area contributed by atoms with E-state index in [1.807, 2.05) is 0 Å². The van der Waals surface area contributed by atoms with Crippen LogP contribution < -0.4 is 14.4 Å². The largest absolute Gasteiger partial charge is 0.490 e. The fourth-order valence-electron chi connectivity index (χ4n) is 3.92. The highest BCUT2D eigenvalue weighted by atomic mass is 32.2. The molecule has 0 saturated carbocycles. The summed E-state index contributed by atoms with van der Waals surface area (Å²) in [7, 11) is -0.683. The minimum absolute atomic E-state index is 0.248. The summed E-state index contributed by atoms with van der Waals surface area (Å²) in [6.07, 6.45) is 1.09. The van der Waals surface area contributed by atoms with Gasteiger partial charge in [-0.3, -0.25) is 14.0 Å². The number of carbonyl (C=O) groups excluding carboxylic acids is 1. The molecule has 1 aliphatic heterocycles. The first-order valence-corrected chi connectivity index (χ1v) is 13.0. The molecule has 0 spiro atoms. The van der Waals surface area contributed by atoms with Gasteiger partial charge in [0.25, 0.3) is 5.91 Å². The Kier molecular flexibility index (Phi) is 7.29. The average Bonchev–Trinajstić information content (AvgIpc) is 3.21. The number of furan rings is 1. The average molecular weight is 506 g/mol. The Morgan fingerprint density at radius 2 is 1.89 bits per heavy atom. The molecule has 9 nitrogen and oxygen atoms in total. The van der Waals surface area contributed by atoms with Crippen molar-refractivity contribution in [1.82, 2.24) is 10.2 Å². The lowest BCUT2D eigenvalue weighted by molar-refractivity contribution is 0.0323. The lowest BCUT2D eigenvalue weighted by atomic mass is 10.0. The minimum Gasteiger partial charge on any atom is -0.490 e. The van der Waals surface area contributed by atoms with Crippen LogP contribution >= 0.6 is 0 Å². The molecule has 3 aromatic rings. The molecule has 4 rings (SSSR count). The number of halogens is 1. The molecule has 1 N–H and O–H groups in total. The number of nitrogens with one attached hydrogen (secondary N) is 1. The number of hydrogen-bond acceptors (Lipinski definition) is 7. The van der Waals surface area contributed by atoms with Gasteiger partial charge in [-0.05, 0) is 30.3 Å². The molecule has 188 valence electrons. The summed E-state index contributed by atoms with van der Waals surface area (Å²) in [5, 5.41) is 3.06. The van der Waals surface area contributed by atoms with Gasteiger partial charge in [-0.2, -0.15) is 0 Å². The zero-order valence-corrected chi connectivity index (χ0v) is 20.7. The molecule has 1 aromatic heterocycles. The van der Waals surface area contributed by atoms with Crippen molar-refractivity contribution in [3.8, 4) is 17.1 Å². The number of amides is 1. The van der Waals surface area contributed by atoms with Gasteiger partial charge >= 0.3 is 0 Å². The van der Waals surface area contributed by atoms with Crippen molar-refractivity contribution in [1.29, 1.82) is 0 Å². The van der Waals surface area contributed by atoms with Gasteiger partial charge < -0.3 is 19.2 Å². The summed E-state index contributed by atoms with van der Waals surface area (Å²) >= 11 is 0. The highest BCUT2D eigenvalue weighted by Gasteiger charge is 2.26. The number of ether oxygens (including phenoxy) is 2. The predicted octanol–water partition coefficient (Wildman–Crippen LogP) is 2.71. The van der Waals surface area contributed by atoms with E-state index in [9.17, 15) is 17.6 Å². The van der Waals surface area contributed by atoms with E-state index < -0.39 is 21.7 Å². The van der Waals surface area contributed by atoms with Crippen molar-refractivity contribution in [3.63, 3.8) is 0 Å².